The number of halogens is 2. The van der Waals surface area contributed by atoms with Gasteiger partial charge in [-0.15, -0.1) is 8.78 Å². The largest absolute Gasteiger partial charge is 0.586 e. The number of aromatic nitrogens is 1. The quantitative estimate of drug-likeness (QED) is 0.484. The number of carboxylic acid groups (broad SMARTS) is 1. The van der Waals surface area contributed by atoms with Crippen molar-refractivity contribution in [2.45, 2.75) is 43.1 Å². The number of aromatic carboxylic acids is 1. The molecule has 6 rings (SSSR count). The lowest BCUT2D eigenvalue weighted by atomic mass is 9.91. The van der Waals surface area contributed by atoms with E-state index in [4.69, 9.17) is 9.47 Å². The van der Waals surface area contributed by atoms with Gasteiger partial charge in [0.25, 0.3) is 0 Å². The molecule has 9 nitrogen and oxygen atoms in total. The highest BCUT2D eigenvalue weighted by Crippen LogP contribution is 2.52. The Morgan fingerprint density at radius 3 is 2.53 bits per heavy atom. The van der Waals surface area contributed by atoms with Crippen molar-refractivity contribution < 1.29 is 42.4 Å². The fourth-order valence-electron chi connectivity index (χ4n) is 4.93. The summed E-state index contributed by atoms with van der Waals surface area (Å²) in [7, 11) is 1.53. The Morgan fingerprint density at radius 2 is 1.84 bits per heavy atom. The summed E-state index contributed by atoms with van der Waals surface area (Å²) in [4.78, 5) is 29.1. The first-order chi connectivity index (χ1) is 18.2. The zero-order chi connectivity index (χ0) is 26.7. The molecule has 2 N–H and O–H groups in total. The molecule has 0 bridgehead atoms. The van der Waals surface area contributed by atoms with Crippen LogP contribution in [0.4, 0.5) is 8.78 Å². The van der Waals surface area contributed by atoms with Gasteiger partial charge in [-0.05, 0) is 54.8 Å². The monoisotopic (exact) mass is 524 g/mol. The molecule has 2 aromatic carbocycles. The standard InChI is InChI=1S/C27H22F2N2O7/c1-35-16-4-5-17-19(12-22(36-21(17)11-16)18-6-2-14(13-30-18)24(32)33)31-25(34)26(8-9-26)15-3-7-20-23(10-15)38-27(28,29)37-20/h2-7,10-11,13,19,22H,8-9,12H2,1H3,(H,31,34)(H,32,33)/t19-,22+/m1/s1. The van der Waals surface area contributed by atoms with Crippen LogP contribution in [0, 0.1) is 0 Å². The number of alkyl halides is 2. The van der Waals surface area contributed by atoms with Gasteiger partial charge in [-0.3, -0.25) is 9.78 Å². The molecule has 1 fully saturated rings. The van der Waals surface area contributed by atoms with E-state index in [0.29, 0.717) is 42.0 Å². The van der Waals surface area contributed by atoms with E-state index in [1.807, 2.05) is 6.07 Å². The molecule has 0 spiro atoms. The Morgan fingerprint density at radius 1 is 1.05 bits per heavy atom. The smallest absolute Gasteiger partial charge is 0.497 e. The lowest BCUT2D eigenvalue weighted by Gasteiger charge is -2.33. The number of benzene rings is 2. The van der Waals surface area contributed by atoms with Crippen LogP contribution in [0.25, 0.3) is 0 Å². The van der Waals surface area contributed by atoms with Gasteiger partial charge >= 0.3 is 12.3 Å². The third-order valence-electron chi connectivity index (χ3n) is 7.12. The second-order valence-electron chi connectivity index (χ2n) is 9.46. The minimum Gasteiger partial charge on any atom is -0.497 e. The number of rotatable bonds is 6. The molecule has 1 aromatic heterocycles. The van der Waals surface area contributed by atoms with Gasteiger partial charge in [0.1, 0.15) is 17.6 Å². The number of nitrogens with one attached hydrogen (secondary N) is 1. The SMILES string of the molecule is COc1ccc2c(c1)O[C@H](c1ccc(C(=O)O)cn1)C[C@H]2NC(=O)C1(c2ccc3c(c2)OC(F)(F)O3)CC1. The average molecular weight is 524 g/mol. The van der Waals surface area contributed by atoms with Gasteiger partial charge in [-0.1, -0.05) is 6.07 Å². The average Bonchev–Trinajstić information content (AvgIpc) is 3.65. The highest BCUT2D eigenvalue weighted by atomic mass is 19.3. The highest BCUT2D eigenvalue weighted by Gasteiger charge is 2.53. The zero-order valence-corrected chi connectivity index (χ0v) is 20.1. The number of carbonyl (C=O) groups excluding carboxylic acids is 1. The maximum Gasteiger partial charge on any atom is 0.586 e. The molecule has 1 saturated carbocycles. The summed E-state index contributed by atoms with van der Waals surface area (Å²) in [6.45, 7) is 0. The molecule has 3 aromatic rings. The van der Waals surface area contributed by atoms with E-state index < -0.39 is 29.8 Å². The first-order valence-electron chi connectivity index (χ1n) is 11.9. The fraction of sp³-hybridized carbons (Fsp3) is 0.296. The molecule has 0 radical (unpaired) electrons. The normalized spacial score (nSPS) is 21.6. The second-order valence-corrected chi connectivity index (χ2v) is 9.46. The predicted octanol–water partition coefficient (Wildman–Crippen LogP) is 4.52. The molecule has 196 valence electrons. The molecule has 1 amide bonds. The van der Waals surface area contributed by atoms with Crippen molar-refractivity contribution in [1.29, 1.82) is 0 Å². The molecule has 3 heterocycles. The van der Waals surface area contributed by atoms with Crippen LogP contribution in [0.2, 0.25) is 0 Å². The van der Waals surface area contributed by atoms with Gasteiger partial charge in [-0.2, -0.15) is 0 Å². The van der Waals surface area contributed by atoms with Gasteiger partial charge in [0, 0.05) is 24.2 Å². The molecular weight excluding hydrogens is 502 g/mol. The lowest BCUT2D eigenvalue weighted by Crippen LogP contribution is -2.39. The van der Waals surface area contributed by atoms with E-state index in [0.717, 1.165) is 5.56 Å². The minimum absolute atomic E-state index is 0.0497. The number of ether oxygens (including phenoxy) is 4. The molecule has 3 aliphatic rings. The molecule has 2 aliphatic heterocycles. The number of carboxylic acids is 1. The van der Waals surface area contributed by atoms with Crippen LogP contribution < -0.4 is 24.3 Å². The Balaban J connectivity index is 1.28. The van der Waals surface area contributed by atoms with Crippen molar-refractivity contribution in [1.82, 2.24) is 10.3 Å². The number of methoxy groups -OCH3 is 1. The Bertz CT molecular complexity index is 1440. The number of hydrogen-bond donors (Lipinski definition) is 2. The number of nitrogens with zero attached hydrogens (tertiary/aromatic N) is 1. The molecule has 1 aliphatic carbocycles. The fourth-order valence-corrected chi connectivity index (χ4v) is 4.93. The third-order valence-corrected chi connectivity index (χ3v) is 7.12. The van der Waals surface area contributed by atoms with Crippen LogP contribution in [0.1, 0.15) is 58.6 Å². The number of hydrogen-bond acceptors (Lipinski definition) is 7. The van der Waals surface area contributed by atoms with Crippen LogP contribution in [-0.4, -0.2) is 35.4 Å². The first-order valence-corrected chi connectivity index (χ1v) is 11.9. The van der Waals surface area contributed by atoms with Crippen molar-refractivity contribution in [3.63, 3.8) is 0 Å². The number of carbonyl (C=O) groups is 2. The maximum atomic E-state index is 13.6. The Labute approximate surface area is 215 Å². The van der Waals surface area contributed by atoms with Crippen molar-refractivity contribution in [3.05, 3.63) is 77.1 Å². The topological polar surface area (TPSA) is 116 Å². The molecule has 0 saturated heterocycles. The predicted molar refractivity (Wildman–Crippen MR) is 127 cm³/mol. The van der Waals surface area contributed by atoms with Crippen molar-refractivity contribution in [3.8, 4) is 23.0 Å². The molecule has 0 unspecified atom stereocenters. The summed E-state index contributed by atoms with van der Waals surface area (Å²) < 4.78 is 47.6. The molecule has 38 heavy (non-hydrogen) atoms. The Hall–Kier alpha value is -4.41. The van der Waals surface area contributed by atoms with Crippen molar-refractivity contribution in [2.24, 2.45) is 0 Å². The number of amides is 1. The Kier molecular flexibility index (Phi) is 5.41. The summed E-state index contributed by atoms with van der Waals surface area (Å²) in [6.07, 6.45) is -1.60. The maximum absolute atomic E-state index is 13.6. The minimum atomic E-state index is -3.74. The first kappa shape index (κ1) is 24.0. The van der Waals surface area contributed by atoms with E-state index in [-0.39, 0.29) is 23.0 Å². The highest BCUT2D eigenvalue weighted by molar-refractivity contribution is 5.92. The van der Waals surface area contributed by atoms with Crippen molar-refractivity contribution in [2.75, 3.05) is 7.11 Å². The molecule has 2 atom stereocenters. The van der Waals surface area contributed by atoms with Crippen LogP contribution in [0.3, 0.4) is 0 Å². The molecule has 11 heteroatoms. The van der Waals surface area contributed by atoms with Crippen LogP contribution in [0.15, 0.2) is 54.7 Å². The van der Waals surface area contributed by atoms with Gasteiger partial charge < -0.3 is 29.4 Å². The van der Waals surface area contributed by atoms with Crippen LogP contribution in [0.5, 0.6) is 23.0 Å². The van der Waals surface area contributed by atoms with E-state index in [9.17, 15) is 23.5 Å². The van der Waals surface area contributed by atoms with Gasteiger partial charge in [0.05, 0.1) is 29.8 Å². The summed E-state index contributed by atoms with van der Waals surface area (Å²) >= 11 is 0. The summed E-state index contributed by atoms with van der Waals surface area (Å²) in [5.74, 6) is -0.442. The second kappa shape index (κ2) is 8.57. The third kappa shape index (κ3) is 4.13. The zero-order valence-electron chi connectivity index (χ0n) is 20.1. The van der Waals surface area contributed by atoms with Gasteiger partial charge in [-0.25, -0.2) is 4.79 Å². The van der Waals surface area contributed by atoms with E-state index in [1.54, 1.807) is 24.3 Å². The summed E-state index contributed by atoms with van der Waals surface area (Å²) in [6, 6.07) is 12.3. The lowest BCUT2D eigenvalue weighted by molar-refractivity contribution is -0.286. The van der Waals surface area contributed by atoms with E-state index in [2.05, 4.69) is 19.8 Å². The molecular formula is C27H22F2N2O7. The van der Waals surface area contributed by atoms with Gasteiger partial charge in [0.2, 0.25) is 5.91 Å². The number of fused-ring (bicyclic) bond motifs is 2. The van der Waals surface area contributed by atoms with Crippen LogP contribution >= 0.6 is 0 Å². The van der Waals surface area contributed by atoms with Gasteiger partial charge in [0.15, 0.2) is 11.5 Å². The van der Waals surface area contributed by atoms with E-state index >= 15 is 0 Å². The van der Waals surface area contributed by atoms with Crippen LogP contribution in [-0.2, 0) is 10.2 Å². The summed E-state index contributed by atoms with van der Waals surface area (Å²) in [5.41, 5.74) is 1.00. The summed E-state index contributed by atoms with van der Waals surface area (Å²) in [5, 5.41) is 12.3. The van der Waals surface area contributed by atoms with E-state index in [1.165, 1.54) is 31.5 Å². The number of pyridine rings is 1. The van der Waals surface area contributed by atoms with Crippen molar-refractivity contribution >= 4 is 11.9 Å².